The van der Waals surface area contributed by atoms with Gasteiger partial charge in [-0.1, -0.05) is 24.3 Å². The van der Waals surface area contributed by atoms with Gasteiger partial charge in [0.05, 0.1) is 4.92 Å². The molecule has 2 aromatic rings. The number of nitrogens with zero attached hydrogens (tertiary/aromatic N) is 3. The number of amides is 1. The summed E-state index contributed by atoms with van der Waals surface area (Å²) < 4.78 is 0. The number of carbonyl (C=O) groups is 1. The molecular formula is C20H21N3O3. The first-order valence-electron chi connectivity index (χ1n) is 8.96. The highest BCUT2D eigenvalue weighted by atomic mass is 16.6. The number of carbonyl (C=O) groups excluding carboxylic acids is 1. The third-order valence-corrected chi connectivity index (χ3v) is 5.45. The second-order valence-electron chi connectivity index (χ2n) is 6.99. The predicted molar refractivity (Wildman–Crippen MR) is 98.0 cm³/mol. The number of benzene rings is 2. The molecule has 2 aliphatic rings. The van der Waals surface area contributed by atoms with Crippen molar-refractivity contribution in [2.24, 2.45) is 0 Å². The molecule has 0 unspecified atom stereocenters. The van der Waals surface area contributed by atoms with Gasteiger partial charge >= 0.3 is 0 Å². The maximum atomic E-state index is 12.7. The zero-order valence-electron chi connectivity index (χ0n) is 14.5. The smallest absolute Gasteiger partial charge is 0.269 e. The molecule has 134 valence electrons. The fraction of sp³-hybridized carbons (Fsp3) is 0.350. The number of hydrogen-bond acceptors (Lipinski definition) is 4. The van der Waals surface area contributed by atoms with Crippen LogP contribution >= 0.6 is 0 Å². The molecule has 6 heteroatoms. The van der Waals surface area contributed by atoms with E-state index >= 15 is 0 Å². The normalized spacial score (nSPS) is 20.0. The molecule has 26 heavy (non-hydrogen) atoms. The van der Waals surface area contributed by atoms with Crippen LogP contribution in [0, 0.1) is 10.1 Å². The summed E-state index contributed by atoms with van der Waals surface area (Å²) in [7, 11) is 0. The van der Waals surface area contributed by atoms with Gasteiger partial charge in [0.15, 0.2) is 0 Å². The van der Waals surface area contributed by atoms with Gasteiger partial charge in [-0.05, 0) is 36.1 Å². The molecule has 1 saturated heterocycles. The summed E-state index contributed by atoms with van der Waals surface area (Å²) >= 11 is 0. The zero-order chi connectivity index (χ0) is 18.1. The third kappa shape index (κ3) is 3.20. The lowest BCUT2D eigenvalue weighted by Crippen LogP contribution is -2.41. The van der Waals surface area contributed by atoms with Crippen molar-refractivity contribution in [3.05, 3.63) is 75.3 Å². The van der Waals surface area contributed by atoms with E-state index in [1.54, 1.807) is 12.1 Å². The van der Waals surface area contributed by atoms with Crippen LogP contribution in [0.15, 0.2) is 48.5 Å². The van der Waals surface area contributed by atoms with Gasteiger partial charge in [-0.15, -0.1) is 0 Å². The van der Waals surface area contributed by atoms with Gasteiger partial charge in [0, 0.05) is 49.9 Å². The first kappa shape index (κ1) is 16.7. The number of nitro groups is 1. The number of rotatable bonds is 3. The predicted octanol–water partition coefficient (Wildman–Crippen LogP) is 2.87. The fourth-order valence-corrected chi connectivity index (χ4v) is 3.96. The maximum Gasteiger partial charge on any atom is 0.269 e. The third-order valence-electron chi connectivity index (χ3n) is 5.45. The molecule has 4 rings (SSSR count). The first-order valence-corrected chi connectivity index (χ1v) is 8.96. The van der Waals surface area contributed by atoms with Crippen molar-refractivity contribution in [3.8, 4) is 0 Å². The van der Waals surface area contributed by atoms with Crippen molar-refractivity contribution in [2.45, 2.75) is 25.4 Å². The van der Waals surface area contributed by atoms with Crippen molar-refractivity contribution in [3.63, 3.8) is 0 Å². The molecule has 1 amide bonds. The Morgan fingerprint density at radius 2 is 1.77 bits per heavy atom. The Balaban J connectivity index is 1.40. The lowest BCUT2D eigenvalue weighted by atomic mass is 9.98. The summed E-state index contributed by atoms with van der Waals surface area (Å²) in [4.78, 5) is 27.3. The van der Waals surface area contributed by atoms with E-state index < -0.39 is 4.92 Å². The van der Waals surface area contributed by atoms with Crippen LogP contribution in [-0.4, -0.2) is 46.3 Å². The number of fused-ring (bicyclic) bond motifs is 1. The molecule has 6 nitrogen and oxygen atoms in total. The van der Waals surface area contributed by atoms with Crippen molar-refractivity contribution in [1.29, 1.82) is 0 Å². The van der Waals surface area contributed by atoms with Gasteiger partial charge < -0.3 is 4.90 Å². The standard InChI is InChI=1S/C20H21N3O3/c24-20(16-5-7-18(8-6-16)23(25)26)22-12-10-19(14-22)21-11-9-15-3-1-2-4-17(15)13-21/h1-8,19H,9-14H2/t19-/m0/s1. The van der Waals surface area contributed by atoms with Crippen LogP contribution in [0.4, 0.5) is 5.69 Å². The van der Waals surface area contributed by atoms with Gasteiger partial charge in [-0.3, -0.25) is 19.8 Å². The van der Waals surface area contributed by atoms with Crippen LogP contribution < -0.4 is 0 Å². The highest BCUT2D eigenvalue weighted by molar-refractivity contribution is 5.94. The highest BCUT2D eigenvalue weighted by Crippen LogP contribution is 2.25. The van der Waals surface area contributed by atoms with Crippen molar-refractivity contribution in [1.82, 2.24) is 9.80 Å². The number of non-ortho nitro benzene ring substituents is 1. The topological polar surface area (TPSA) is 66.7 Å². The molecule has 0 aromatic heterocycles. The largest absolute Gasteiger partial charge is 0.337 e. The average Bonchev–Trinajstić information content (AvgIpc) is 3.17. The SMILES string of the molecule is O=C(c1ccc([N+](=O)[O-])cc1)N1CC[C@H](N2CCc3ccccc3C2)C1. The molecule has 1 fully saturated rings. The second-order valence-corrected chi connectivity index (χ2v) is 6.99. The number of likely N-dealkylation sites (tertiary alicyclic amines) is 1. The minimum absolute atomic E-state index is 0.00725. The molecule has 0 radical (unpaired) electrons. The van der Waals surface area contributed by atoms with E-state index in [2.05, 4.69) is 29.2 Å². The van der Waals surface area contributed by atoms with Crippen molar-refractivity contribution >= 4 is 11.6 Å². The van der Waals surface area contributed by atoms with E-state index in [1.165, 1.54) is 23.3 Å². The Morgan fingerprint density at radius 3 is 2.50 bits per heavy atom. The Labute approximate surface area is 152 Å². The van der Waals surface area contributed by atoms with E-state index in [9.17, 15) is 14.9 Å². The van der Waals surface area contributed by atoms with Gasteiger partial charge in [-0.2, -0.15) is 0 Å². The van der Waals surface area contributed by atoms with Gasteiger partial charge in [0.25, 0.3) is 11.6 Å². The van der Waals surface area contributed by atoms with Crippen LogP contribution in [0.2, 0.25) is 0 Å². The molecule has 2 heterocycles. The monoisotopic (exact) mass is 351 g/mol. The molecule has 0 saturated carbocycles. The molecule has 0 bridgehead atoms. The lowest BCUT2D eigenvalue weighted by Gasteiger charge is -2.33. The van der Waals surface area contributed by atoms with Crippen molar-refractivity contribution in [2.75, 3.05) is 19.6 Å². The molecule has 1 atom stereocenters. The maximum absolute atomic E-state index is 12.7. The first-order chi connectivity index (χ1) is 12.6. The van der Waals surface area contributed by atoms with E-state index in [0.717, 1.165) is 39.0 Å². The zero-order valence-corrected chi connectivity index (χ0v) is 14.5. The summed E-state index contributed by atoms with van der Waals surface area (Å²) in [6, 6.07) is 14.8. The van der Waals surface area contributed by atoms with E-state index in [4.69, 9.17) is 0 Å². The Bertz CT molecular complexity index is 834. The minimum atomic E-state index is -0.450. The summed E-state index contributed by atoms with van der Waals surface area (Å²) in [5.74, 6) is -0.0418. The van der Waals surface area contributed by atoms with Crippen LogP contribution in [0.5, 0.6) is 0 Å². The van der Waals surface area contributed by atoms with Gasteiger partial charge in [0.2, 0.25) is 0 Å². The van der Waals surface area contributed by atoms with E-state index in [1.807, 2.05) is 4.90 Å². The molecule has 0 spiro atoms. The number of nitro benzene ring substituents is 1. The highest BCUT2D eigenvalue weighted by Gasteiger charge is 2.32. The van der Waals surface area contributed by atoms with E-state index in [-0.39, 0.29) is 11.6 Å². The quantitative estimate of drug-likeness (QED) is 0.630. The summed E-state index contributed by atoms with van der Waals surface area (Å²) in [6.07, 6.45) is 2.03. The molecule has 2 aromatic carbocycles. The van der Waals surface area contributed by atoms with Gasteiger partial charge in [0.1, 0.15) is 0 Å². The molecular weight excluding hydrogens is 330 g/mol. The van der Waals surface area contributed by atoms with Crippen LogP contribution in [0.25, 0.3) is 0 Å². The summed E-state index contributed by atoms with van der Waals surface area (Å²) in [5.41, 5.74) is 3.34. The second kappa shape index (κ2) is 6.88. The molecule has 0 aliphatic carbocycles. The molecule has 0 N–H and O–H groups in total. The van der Waals surface area contributed by atoms with E-state index in [0.29, 0.717) is 11.6 Å². The average molecular weight is 351 g/mol. The lowest BCUT2D eigenvalue weighted by molar-refractivity contribution is -0.384. The summed E-state index contributed by atoms with van der Waals surface area (Å²) in [6.45, 7) is 3.43. The number of hydrogen-bond donors (Lipinski definition) is 0. The van der Waals surface area contributed by atoms with Crippen LogP contribution in [0.3, 0.4) is 0 Å². The van der Waals surface area contributed by atoms with Crippen LogP contribution in [-0.2, 0) is 13.0 Å². The molecule has 2 aliphatic heterocycles. The fourth-order valence-electron chi connectivity index (χ4n) is 3.96. The Kier molecular flexibility index (Phi) is 4.42. The Hall–Kier alpha value is -2.73. The van der Waals surface area contributed by atoms with Gasteiger partial charge in [-0.25, -0.2) is 0 Å². The minimum Gasteiger partial charge on any atom is -0.337 e. The summed E-state index contributed by atoms with van der Waals surface area (Å²) in [5, 5.41) is 10.7. The van der Waals surface area contributed by atoms with Crippen molar-refractivity contribution < 1.29 is 9.72 Å². The Morgan fingerprint density at radius 1 is 1.04 bits per heavy atom. The van der Waals surface area contributed by atoms with Crippen LogP contribution in [0.1, 0.15) is 27.9 Å².